The molecule has 6 nitrogen and oxygen atoms in total. The van der Waals surface area contributed by atoms with Gasteiger partial charge >= 0.3 is 0 Å². The van der Waals surface area contributed by atoms with Gasteiger partial charge < -0.3 is 9.80 Å². The van der Waals surface area contributed by atoms with Crippen LogP contribution in [-0.4, -0.2) is 56.6 Å². The van der Waals surface area contributed by atoms with Crippen molar-refractivity contribution in [2.75, 3.05) is 13.1 Å². The van der Waals surface area contributed by atoms with Crippen LogP contribution in [0.2, 0.25) is 0 Å². The number of likely N-dealkylation sites (tertiary alicyclic amines) is 2. The smallest absolute Gasteiger partial charge is 0.228 e. The Balaban J connectivity index is 1.40. The summed E-state index contributed by atoms with van der Waals surface area (Å²) in [4.78, 5) is 29.4. The van der Waals surface area contributed by atoms with E-state index in [0.29, 0.717) is 19.0 Å². The predicted octanol–water partition coefficient (Wildman–Crippen LogP) is 1.67. The van der Waals surface area contributed by atoms with Crippen LogP contribution in [0.5, 0.6) is 0 Å². The van der Waals surface area contributed by atoms with Gasteiger partial charge in [-0.05, 0) is 31.7 Å². The second-order valence-corrected chi connectivity index (χ2v) is 7.44. The Bertz CT molecular complexity index is 594. The standard InChI is InChI=1S/C18H26N4O2/c23-17-11-14(12-22(17)15-5-1-2-6-15)18(24)21-10-3-7-16(21)13-20-9-4-8-19-20/h4,8-9,14-16H,1-3,5-7,10-13H2/t14-,16-/m1/s1. The van der Waals surface area contributed by atoms with E-state index in [-0.39, 0.29) is 23.8 Å². The largest absolute Gasteiger partial charge is 0.339 e. The first-order chi connectivity index (χ1) is 11.7. The Morgan fingerprint density at radius 1 is 1.21 bits per heavy atom. The highest BCUT2D eigenvalue weighted by atomic mass is 16.2. The predicted molar refractivity (Wildman–Crippen MR) is 89.0 cm³/mol. The van der Waals surface area contributed by atoms with Gasteiger partial charge in [-0.2, -0.15) is 5.10 Å². The van der Waals surface area contributed by atoms with E-state index in [9.17, 15) is 9.59 Å². The van der Waals surface area contributed by atoms with Gasteiger partial charge in [0, 0.05) is 37.9 Å². The lowest BCUT2D eigenvalue weighted by atomic mass is 10.1. The molecule has 0 radical (unpaired) electrons. The number of rotatable bonds is 4. The molecular weight excluding hydrogens is 304 g/mol. The fraction of sp³-hybridized carbons (Fsp3) is 0.722. The molecule has 3 fully saturated rings. The third-order valence-corrected chi connectivity index (χ3v) is 5.89. The molecule has 130 valence electrons. The Morgan fingerprint density at radius 3 is 2.79 bits per heavy atom. The van der Waals surface area contributed by atoms with E-state index in [4.69, 9.17) is 0 Å². The van der Waals surface area contributed by atoms with Gasteiger partial charge in [-0.25, -0.2) is 0 Å². The van der Waals surface area contributed by atoms with Crippen molar-refractivity contribution in [2.45, 2.75) is 63.6 Å². The summed E-state index contributed by atoms with van der Waals surface area (Å²) in [5, 5.41) is 4.26. The molecule has 2 atom stereocenters. The summed E-state index contributed by atoms with van der Waals surface area (Å²) in [6.45, 7) is 2.21. The quantitative estimate of drug-likeness (QED) is 0.844. The van der Waals surface area contributed by atoms with Crippen molar-refractivity contribution in [1.29, 1.82) is 0 Å². The molecule has 2 saturated heterocycles. The normalized spacial score (nSPS) is 28.2. The second-order valence-electron chi connectivity index (χ2n) is 7.44. The van der Waals surface area contributed by atoms with E-state index in [1.807, 2.05) is 26.7 Å². The first-order valence-corrected chi connectivity index (χ1v) is 9.30. The van der Waals surface area contributed by atoms with Crippen LogP contribution < -0.4 is 0 Å². The first-order valence-electron chi connectivity index (χ1n) is 9.30. The van der Waals surface area contributed by atoms with Gasteiger partial charge in [0.15, 0.2) is 0 Å². The van der Waals surface area contributed by atoms with Crippen LogP contribution in [0.25, 0.3) is 0 Å². The molecule has 4 rings (SSSR count). The van der Waals surface area contributed by atoms with E-state index in [1.54, 1.807) is 6.20 Å². The van der Waals surface area contributed by atoms with Crippen molar-refractivity contribution in [2.24, 2.45) is 5.92 Å². The van der Waals surface area contributed by atoms with Gasteiger partial charge in [-0.3, -0.25) is 14.3 Å². The van der Waals surface area contributed by atoms with Gasteiger partial charge in [-0.15, -0.1) is 0 Å². The van der Waals surface area contributed by atoms with Gasteiger partial charge in [-0.1, -0.05) is 12.8 Å². The lowest BCUT2D eigenvalue weighted by molar-refractivity contribution is -0.136. The zero-order valence-corrected chi connectivity index (χ0v) is 14.1. The Hall–Kier alpha value is -1.85. The molecule has 6 heteroatoms. The van der Waals surface area contributed by atoms with Gasteiger partial charge in [0.05, 0.1) is 18.5 Å². The summed E-state index contributed by atoms with van der Waals surface area (Å²) in [5.41, 5.74) is 0. The molecule has 2 aliphatic heterocycles. The fourth-order valence-corrected chi connectivity index (χ4v) is 4.64. The number of hydrogen-bond donors (Lipinski definition) is 0. The summed E-state index contributed by atoms with van der Waals surface area (Å²) in [6, 6.07) is 2.51. The molecule has 0 aromatic carbocycles. The zero-order chi connectivity index (χ0) is 16.5. The molecule has 2 amide bonds. The van der Waals surface area contributed by atoms with Crippen LogP contribution in [0.4, 0.5) is 0 Å². The van der Waals surface area contributed by atoms with Gasteiger partial charge in [0.25, 0.3) is 0 Å². The van der Waals surface area contributed by atoms with E-state index in [0.717, 1.165) is 38.8 Å². The number of carbonyl (C=O) groups excluding carboxylic acids is 2. The molecule has 3 aliphatic rings. The van der Waals surface area contributed by atoms with E-state index >= 15 is 0 Å². The Kier molecular flexibility index (Phi) is 4.29. The van der Waals surface area contributed by atoms with E-state index < -0.39 is 0 Å². The maximum atomic E-state index is 13.0. The second kappa shape index (κ2) is 6.57. The summed E-state index contributed by atoms with van der Waals surface area (Å²) in [6.07, 6.45) is 10.8. The topological polar surface area (TPSA) is 58.4 Å². The average Bonchev–Trinajstić information content (AvgIpc) is 3.35. The highest BCUT2D eigenvalue weighted by molar-refractivity contribution is 5.89. The number of amides is 2. The molecule has 0 bridgehead atoms. The first kappa shape index (κ1) is 15.7. The van der Waals surface area contributed by atoms with E-state index in [1.165, 1.54) is 12.8 Å². The Morgan fingerprint density at radius 2 is 2.04 bits per heavy atom. The molecule has 1 aliphatic carbocycles. The molecular formula is C18H26N4O2. The summed E-state index contributed by atoms with van der Waals surface area (Å²) < 4.78 is 1.90. The van der Waals surface area contributed by atoms with Crippen molar-refractivity contribution in [3.63, 3.8) is 0 Å². The fourth-order valence-electron chi connectivity index (χ4n) is 4.64. The third kappa shape index (κ3) is 2.94. The van der Waals surface area contributed by atoms with E-state index in [2.05, 4.69) is 5.10 Å². The molecule has 24 heavy (non-hydrogen) atoms. The zero-order valence-electron chi connectivity index (χ0n) is 14.1. The monoisotopic (exact) mass is 330 g/mol. The van der Waals surface area contributed by atoms with Crippen LogP contribution in [0.3, 0.4) is 0 Å². The average molecular weight is 330 g/mol. The Labute approximate surface area is 142 Å². The summed E-state index contributed by atoms with van der Waals surface area (Å²) in [5.74, 6) is 0.220. The highest BCUT2D eigenvalue weighted by Gasteiger charge is 2.42. The molecule has 1 aromatic rings. The van der Waals surface area contributed by atoms with Gasteiger partial charge in [0.1, 0.15) is 0 Å². The molecule has 3 heterocycles. The van der Waals surface area contributed by atoms with Crippen molar-refractivity contribution >= 4 is 11.8 Å². The summed E-state index contributed by atoms with van der Waals surface area (Å²) >= 11 is 0. The number of aromatic nitrogens is 2. The van der Waals surface area contributed by atoms with Crippen LogP contribution >= 0.6 is 0 Å². The maximum Gasteiger partial charge on any atom is 0.228 e. The molecule has 0 N–H and O–H groups in total. The minimum absolute atomic E-state index is 0.142. The maximum absolute atomic E-state index is 13.0. The minimum Gasteiger partial charge on any atom is -0.339 e. The van der Waals surface area contributed by atoms with Crippen LogP contribution in [-0.2, 0) is 16.1 Å². The number of nitrogens with zero attached hydrogens (tertiary/aromatic N) is 4. The number of carbonyl (C=O) groups is 2. The third-order valence-electron chi connectivity index (χ3n) is 5.89. The number of hydrogen-bond acceptors (Lipinski definition) is 3. The summed E-state index contributed by atoms with van der Waals surface area (Å²) in [7, 11) is 0. The lowest BCUT2D eigenvalue weighted by Crippen LogP contribution is -2.43. The van der Waals surface area contributed by atoms with Gasteiger partial charge in [0.2, 0.25) is 11.8 Å². The SMILES string of the molecule is O=C1C[C@@H](C(=O)N2CCC[C@@H]2Cn2cccn2)CN1C1CCCC1. The van der Waals surface area contributed by atoms with Crippen LogP contribution in [0.15, 0.2) is 18.5 Å². The highest BCUT2D eigenvalue weighted by Crippen LogP contribution is 2.31. The van der Waals surface area contributed by atoms with Crippen molar-refractivity contribution in [1.82, 2.24) is 19.6 Å². The lowest BCUT2D eigenvalue weighted by Gasteiger charge is -2.28. The van der Waals surface area contributed by atoms with Crippen LogP contribution in [0, 0.1) is 5.92 Å². The molecule has 0 unspecified atom stereocenters. The molecule has 0 spiro atoms. The van der Waals surface area contributed by atoms with Crippen LogP contribution in [0.1, 0.15) is 44.9 Å². The molecule has 1 saturated carbocycles. The van der Waals surface area contributed by atoms with Crippen molar-refractivity contribution in [3.05, 3.63) is 18.5 Å². The van der Waals surface area contributed by atoms with Crippen molar-refractivity contribution in [3.8, 4) is 0 Å². The molecule has 1 aromatic heterocycles. The minimum atomic E-state index is -0.142. The van der Waals surface area contributed by atoms with Crippen molar-refractivity contribution < 1.29 is 9.59 Å².